The number of phenolic OH excluding ortho intramolecular Hbond substituents is 1. The van der Waals surface area contributed by atoms with E-state index in [2.05, 4.69) is 17.4 Å². The third-order valence-electron chi connectivity index (χ3n) is 2.51. The average molecular weight is 258 g/mol. The van der Waals surface area contributed by atoms with Gasteiger partial charge >= 0.3 is 0 Å². The van der Waals surface area contributed by atoms with Crippen molar-refractivity contribution in [3.05, 3.63) is 60.1 Å². The molecule has 0 saturated heterocycles. The van der Waals surface area contributed by atoms with Crippen LogP contribution in [0, 0.1) is 6.92 Å². The molecule has 0 bridgehead atoms. The summed E-state index contributed by atoms with van der Waals surface area (Å²) in [5, 5.41) is 9.54. The van der Waals surface area contributed by atoms with Gasteiger partial charge in [0.1, 0.15) is 11.5 Å². The molecule has 0 aliphatic carbocycles. The Labute approximate surface area is 110 Å². The predicted molar refractivity (Wildman–Crippen MR) is 71.2 cm³/mol. The van der Waals surface area contributed by atoms with Crippen molar-refractivity contribution in [2.24, 2.45) is 0 Å². The Morgan fingerprint density at radius 2 is 1.95 bits per heavy atom. The molecule has 0 aliphatic rings. The molecule has 0 unspecified atom stereocenters. The summed E-state index contributed by atoms with van der Waals surface area (Å²) in [4.78, 5) is 11.8. The van der Waals surface area contributed by atoms with Crippen molar-refractivity contribution < 1.29 is 14.3 Å². The van der Waals surface area contributed by atoms with Crippen LogP contribution in [0.5, 0.6) is 5.75 Å². The van der Waals surface area contributed by atoms with Crippen LogP contribution >= 0.6 is 0 Å². The van der Waals surface area contributed by atoms with Crippen molar-refractivity contribution in [2.45, 2.75) is 6.92 Å². The first-order chi connectivity index (χ1) is 9.08. The molecular formula is C14H14N2O3. The number of benzene rings is 1. The topological polar surface area (TPSA) is 74.5 Å². The van der Waals surface area contributed by atoms with Gasteiger partial charge in [0.25, 0.3) is 5.91 Å². The molecule has 0 atom stereocenters. The number of carbonyl (C=O) groups is 1. The SMILES string of the molecule is C=C(NNC(=O)c1ccccc1O)c1ccc(C)o1. The second kappa shape index (κ2) is 5.30. The van der Waals surface area contributed by atoms with Crippen LogP contribution in [-0.2, 0) is 0 Å². The number of hydrogen-bond acceptors (Lipinski definition) is 4. The molecule has 5 nitrogen and oxygen atoms in total. The molecule has 1 heterocycles. The lowest BCUT2D eigenvalue weighted by molar-refractivity contribution is 0.0939. The van der Waals surface area contributed by atoms with Gasteiger partial charge in [-0.3, -0.25) is 15.6 Å². The Balaban J connectivity index is 1.98. The van der Waals surface area contributed by atoms with Crippen LogP contribution in [-0.4, -0.2) is 11.0 Å². The minimum atomic E-state index is -0.456. The van der Waals surface area contributed by atoms with Gasteiger partial charge in [-0.25, -0.2) is 0 Å². The standard InChI is InChI=1S/C14H14N2O3/c1-9-7-8-13(19-9)10(2)15-16-14(18)11-5-3-4-6-12(11)17/h3-8,15,17H,2H2,1H3,(H,16,18). The van der Waals surface area contributed by atoms with E-state index in [9.17, 15) is 9.90 Å². The number of phenols is 1. The second-order valence-corrected chi connectivity index (χ2v) is 3.99. The number of hydrazine groups is 1. The molecule has 1 amide bonds. The first-order valence-electron chi connectivity index (χ1n) is 5.68. The zero-order chi connectivity index (χ0) is 13.8. The first-order valence-corrected chi connectivity index (χ1v) is 5.68. The zero-order valence-corrected chi connectivity index (χ0v) is 10.4. The van der Waals surface area contributed by atoms with Crippen LogP contribution in [0.1, 0.15) is 21.9 Å². The third kappa shape index (κ3) is 2.95. The van der Waals surface area contributed by atoms with E-state index in [1.807, 2.05) is 6.92 Å². The lowest BCUT2D eigenvalue weighted by atomic mass is 10.2. The lowest BCUT2D eigenvalue weighted by Crippen LogP contribution is -2.35. The fourth-order valence-electron chi connectivity index (χ4n) is 1.52. The molecule has 1 aromatic carbocycles. The van der Waals surface area contributed by atoms with E-state index < -0.39 is 5.91 Å². The predicted octanol–water partition coefficient (Wildman–Crippen LogP) is 2.20. The zero-order valence-electron chi connectivity index (χ0n) is 10.4. The molecular weight excluding hydrogens is 244 g/mol. The summed E-state index contributed by atoms with van der Waals surface area (Å²) >= 11 is 0. The van der Waals surface area contributed by atoms with Crippen molar-refractivity contribution >= 4 is 11.6 Å². The number of rotatable bonds is 4. The molecule has 0 aliphatic heterocycles. The van der Waals surface area contributed by atoms with E-state index in [0.717, 1.165) is 5.76 Å². The highest BCUT2D eigenvalue weighted by molar-refractivity contribution is 5.96. The summed E-state index contributed by atoms with van der Waals surface area (Å²) in [5.41, 5.74) is 5.68. The summed E-state index contributed by atoms with van der Waals surface area (Å²) < 4.78 is 5.34. The number of aromatic hydroxyl groups is 1. The van der Waals surface area contributed by atoms with Crippen molar-refractivity contribution in [1.29, 1.82) is 0 Å². The molecule has 19 heavy (non-hydrogen) atoms. The summed E-state index contributed by atoms with van der Waals surface area (Å²) in [7, 11) is 0. The lowest BCUT2D eigenvalue weighted by Gasteiger charge is -2.09. The van der Waals surface area contributed by atoms with Gasteiger partial charge in [0, 0.05) is 0 Å². The van der Waals surface area contributed by atoms with Crippen LogP contribution < -0.4 is 10.9 Å². The molecule has 0 spiro atoms. The van der Waals surface area contributed by atoms with Crippen LogP contribution in [0.3, 0.4) is 0 Å². The number of hydrogen-bond donors (Lipinski definition) is 3. The van der Waals surface area contributed by atoms with Gasteiger partial charge in [0.05, 0.1) is 11.3 Å². The fourth-order valence-corrected chi connectivity index (χ4v) is 1.52. The molecule has 5 heteroatoms. The van der Waals surface area contributed by atoms with Gasteiger partial charge < -0.3 is 9.52 Å². The van der Waals surface area contributed by atoms with Gasteiger partial charge in [-0.2, -0.15) is 0 Å². The number of aryl methyl sites for hydroxylation is 1. The van der Waals surface area contributed by atoms with Crippen LogP contribution in [0.4, 0.5) is 0 Å². The normalized spacial score (nSPS) is 9.95. The maximum absolute atomic E-state index is 11.8. The van der Waals surface area contributed by atoms with Crippen molar-refractivity contribution in [3.8, 4) is 5.75 Å². The van der Waals surface area contributed by atoms with Crippen molar-refractivity contribution in [1.82, 2.24) is 10.9 Å². The number of furan rings is 1. The van der Waals surface area contributed by atoms with Gasteiger partial charge in [-0.05, 0) is 31.2 Å². The number of amides is 1. The maximum Gasteiger partial charge on any atom is 0.273 e. The van der Waals surface area contributed by atoms with Crippen LogP contribution in [0.2, 0.25) is 0 Å². The molecule has 3 N–H and O–H groups in total. The van der Waals surface area contributed by atoms with E-state index in [0.29, 0.717) is 11.5 Å². The summed E-state index contributed by atoms with van der Waals surface area (Å²) in [6, 6.07) is 9.82. The van der Waals surface area contributed by atoms with Crippen molar-refractivity contribution in [3.63, 3.8) is 0 Å². The first kappa shape index (κ1) is 12.8. The highest BCUT2D eigenvalue weighted by Gasteiger charge is 2.10. The largest absolute Gasteiger partial charge is 0.507 e. The van der Waals surface area contributed by atoms with E-state index >= 15 is 0 Å². The van der Waals surface area contributed by atoms with E-state index in [1.165, 1.54) is 12.1 Å². The summed E-state index contributed by atoms with van der Waals surface area (Å²) in [6.45, 7) is 5.56. The highest BCUT2D eigenvalue weighted by atomic mass is 16.3. The molecule has 98 valence electrons. The van der Waals surface area contributed by atoms with E-state index in [4.69, 9.17) is 4.42 Å². The minimum Gasteiger partial charge on any atom is -0.507 e. The van der Waals surface area contributed by atoms with Gasteiger partial charge in [-0.15, -0.1) is 0 Å². The maximum atomic E-state index is 11.8. The van der Waals surface area contributed by atoms with Crippen LogP contribution in [0.15, 0.2) is 47.4 Å². The Hall–Kier alpha value is -2.69. The molecule has 2 rings (SSSR count). The molecule has 1 aromatic heterocycles. The Kier molecular flexibility index (Phi) is 3.56. The number of nitrogens with one attached hydrogen (secondary N) is 2. The van der Waals surface area contributed by atoms with Gasteiger partial charge in [0.2, 0.25) is 0 Å². The molecule has 0 saturated carbocycles. The fraction of sp³-hybridized carbons (Fsp3) is 0.0714. The molecule has 2 aromatic rings. The average Bonchev–Trinajstić information content (AvgIpc) is 2.83. The third-order valence-corrected chi connectivity index (χ3v) is 2.51. The number of para-hydroxylation sites is 1. The molecule has 0 radical (unpaired) electrons. The molecule has 0 fully saturated rings. The van der Waals surface area contributed by atoms with E-state index in [-0.39, 0.29) is 11.3 Å². The minimum absolute atomic E-state index is 0.0822. The van der Waals surface area contributed by atoms with Crippen molar-refractivity contribution in [2.75, 3.05) is 0 Å². The van der Waals surface area contributed by atoms with E-state index in [1.54, 1.807) is 24.3 Å². The number of carbonyl (C=O) groups excluding carboxylic acids is 1. The summed E-state index contributed by atoms with van der Waals surface area (Å²) in [5.74, 6) is 0.754. The Bertz CT molecular complexity index is 617. The van der Waals surface area contributed by atoms with Gasteiger partial charge in [-0.1, -0.05) is 18.7 Å². The monoisotopic (exact) mass is 258 g/mol. The Morgan fingerprint density at radius 1 is 1.21 bits per heavy atom. The second-order valence-electron chi connectivity index (χ2n) is 3.99. The summed E-state index contributed by atoms with van der Waals surface area (Å²) in [6.07, 6.45) is 0. The quantitative estimate of drug-likeness (QED) is 0.735. The van der Waals surface area contributed by atoms with Crippen LogP contribution in [0.25, 0.3) is 5.70 Å². The highest BCUT2D eigenvalue weighted by Crippen LogP contribution is 2.15. The Morgan fingerprint density at radius 3 is 2.58 bits per heavy atom. The van der Waals surface area contributed by atoms with Gasteiger partial charge in [0.15, 0.2) is 5.76 Å². The smallest absolute Gasteiger partial charge is 0.273 e.